The Kier molecular flexibility index (Phi) is 6.27. The number of halogens is 3. The number of hydrogen-bond acceptors (Lipinski definition) is 5. The van der Waals surface area contributed by atoms with E-state index in [0.717, 1.165) is 30.5 Å². The summed E-state index contributed by atoms with van der Waals surface area (Å²) in [6.07, 6.45) is 0.798. The van der Waals surface area contributed by atoms with Gasteiger partial charge in [0.1, 0.15) is 17.5 Å². The maximum Gasteiger partial charge on any atom is 0.194 e. The van der Waals surface area contributed by atoms with Crippen molar-refractivity contribution < 1.29 is 30.8 Å². The lowest BCUT2D eigenvalue weighted by Crippen LogP contribution is -2.32. The van der Waals surface area contributed by atoms with Crippen LogP contribution in [0.2, 0.25) is 0 Å². The summed E-state index contributed by atoms with van der Waals surface area (Å²) in [5.74, 6) is -3.24. The van der Waals surface area contributed by atoms with Crippen LogP contribution in [-0.4, -0.2) is 35.1 Å². The third kappa shape index (κ3) is 4.93. The molecular formula is C15H11BrF2NO5S2-. The highest BCUT2D eigenvalue weighted by molar-refractivity contribution is 9.10. The first kappa shape index (κ1) is 20.6. The van der Waals surface area contributed by atoms with E-state index >= 15 is 0 Å². The highest BCUT2D eigenvalue weighted by Crippen LogP contribution is 2.30. The summed E-state index contributed by atoms with van der Waals surface area (Å²) in [7, 11) is -3.77. The zero-order valence-electron chi connectivity index (χ0n) is 13.1. The molecule has 1 unspecified atom stereocenters. The molecule has 0 bridgehead atoms. The number of nitrogens with zero attached hydrogens (tertiary/aromatic N) is 1. The second kappa shape index (κ2) is 7.91. The van der Waals surface area contributed by atoms with Crippen LogP contribution in [0.25, 0.3) is 0 Å². The SMILES string of the molecule is CS(=O)(=O)CN(c1cc(Br)c(C(=O)c2ccc(F)cc2)cc1F)S(=O)[O-]. The van der Waals surface area contributed by atoms with Crippen molar-refractivity contribution in [3.63, 3.8) is 0 Å². The molecule has 140 valence electrons. The average molecular weight is 467 g/mol. The molecule has 2 aromatic rings. The maximum atomic E-state index is 14.4. The van der Waals surface area contributed by atoms with Gasteiger partial charge in [0.05, 0.1) is 5.69 Å². The van der Waals surface area contributed by atoms with Crippen molar-refractivity contribution in [3.05, 3.63) is 63.6 Å². The van der Waals surface area contributed by atoms with Crippen LogP contribution >= 0.6 is 15.9 Å². The van der Waals surface area contributed by atoms with Crippen LogP contribution in [0.3, 0.4) is 0 Å². The second-order valence-electron chi connectivity index (χ2n) is 5.27. The van der Waals surface area contributed by atoms with Gasteiger partial charge in [-0.25, -0.2) is 17.2 Å². The fourth-order valence-corrected chi connectivity index (χ4v) is 4.36. The first-order valence-electron chi connectivity index (χ1n) is 6.83. The highest BCUT2D eigenvalue weighted by atomic mass is 79.9. The van der Waals surface area contributed by atoms with E-state index in [1.165, 1.54) is 12.1 Å². The number of ketones is 1. The van der Waals surface area contributed by atoms with E-state index in [9.17, 15) is 30.8 Å². The van der Waals surface area contributed by atoms with Gasteiger partial charge >= 0.3 is 0 Å². The normalized spacial score (nSPS) is 12.7. The van der Waals surface area contributed by atoms with E-state index in [4.69, 9.17) is 0 Å². The Labute approximate surface area is 159 Å². The minimum absolute atomic E-state index is 0.0483. The predicted octanol–water partition coefficient (Wildman–Crippen LogP) is 2.56. The molecule has 0 aromatic heterocycles. The van der Waals surface area contributed by atoms with E-state index in [2.05, 4.69) is 15.9 Å². The maximum absolute atomic E-state index is 14.4. The van der Waals surface area contributed by atoms with Crippen LogP contribution in [0.5, 0.6) is 0 Å². The minimum Gasteiger partial charge on any atom is -0.755 e. The topological polar surface area (TPSA) is 94.6 Å². The molecule has 0 spiro atoms. The molecule has 0 radical (unpaired) electrons. The van der Waals surface area contributed by atoms with Gasteiger partial charge in [-0.05, 0) is 52.3 Å². The standard InChI is InChI=1S/C15H12BrF2NO5S2/c1-26(23,24)8-19(25(21)22)14-7-12(16)11(6-13(14)18)15(20)9-2-4-10(17)5-3-9/h2-7H,8H2,1H3,(H,21,22)/p-1. The Balaban J connectivity index is 2.48. The van der Waals surface area contributed by atoms with Crippen LogP contribution < -0.4 is 4.31 Å². The smallest absolute Gasteiger partial charge is 0.194 e. The van der Waals surface area contributed by atoms with Crippen LogP contribution in [0.4, 0.5) is 14.5 Å². The molecule has 0 N–H and O–H groups in total. The Morgan fingerprint density at radius 2 is 1.81 bits per heavy atom. The fraction of sp³-hybridized carbons (Fsp3) is 0.133. The summed E-state index contributed by atoms with van der Waals surface area (Å²) in [6.45, 7) is 0. The van der Waals surface area contributed by atoms with Gasteiger partial charge in [-0.15, -0.1) is 0 Å². The minimum atomic E-state index is -3.77. The molecule has 0 aliphatic heterocycles. The lowest BCUT2D eigenvalue weighted by molar-refractivity contribution is 0.103. The quantitative estimate of drug-likeness (QED) is 0.481. The molecule has 26 heavy (non-hydrogen) atoms. The number of benzene rings is 2. The zero-order chi connectivity index (χ0) is 19.6. The van der Waals surface area contributed by atoms with Crippen molar-refractivity contribution >= 4 is 48.5 Å². The summed E-state index contributed by atoms with van der Waals surface area (Å²) in [5.41, 5.74) is -0.570. The number of sulfone groups is 1. The Morgan fingerprint density at radius 1 is 1.23 bits per heavy atom. The van der Waals surface area contributed by atoms with E-state index in [-0.39, 0.29) is 15.6 Å². The second-order valence-corrected chi connectivity index (χ2v) is 9.11. The van der Waals surface area contributed by atoms with Gasteiger partial charge in [0.15, 0.2) is 15.6 Å². The molecular weight excluding hydrogens is 456 g/mol. The summed E-state index contributed by atoms with van der Waals surface area (Å²) in [5, 5.41) is 0. The van der Waals surface area contributed by atoms with Crippen LogP contribution in [0.1, 0.15) is 15.9 Å². The fourth-order valence-electron chi connectivity index (χ4n) is 2.06. The van der Waals surface area contributed by atoms with Crippen LogP contribution in [0.15, 0.2) is 40.9 Å². The number of carbonyl (C=O) groups is 1. The van der Waals surface area contributed by atoms with Crippen molar-refractivity contribution in [2.24, 2.45) is 0 Å². The Bertz CT molecular complexity index is 980. The third-order valence-corrected chi connectivity index (χ3v) is 5.42. The van der Waals surface area contributed by atoms with E-state index < -0.39 is 50.1 Å². The average Bonchev–Trinajstić information content (AvgIpc) is 2.53. The molecule has 1 atom stereocenters. The van der Waals surface area contributed by atoms with Crippen molar-refractivity contribution in [2.75, 3.05) is 16.4 Å². The molecule has 0 heterocycles. The molecule has 0 saturated carbocycles. The van der Waals surface area contributed by atoms with Crippen molar-refractivity contribution in [2.45, 2.75) is 0 Å². The molecule has 2 rings (SSSR count). The zero-order valence-corrected chi connectivity index (χ0v) is 16.3. The highest BCUT2D eigenvalue weighted by Gasteiger charge is 2.22. The van der Waals surface area contributed by atoms with Gasteiger partial charge in [0, 0.05) is 33.1 Å². The van der Waals surface area contributed by atoms with Crippen molar-refractivity contribution in [3.8, 4) is 0 Å². The van der Waals surface area contributed by atoms with E-state index in [0.29, 0.717) is 4.31 Å². The number of rotatable bonds is 6. The predicted molar refractivity (Wildman–Crippen MR) is 95.0 cm³/mol. The Morgan fingerprint density at radius 3 is 2.31 bits per heavy atom. The van der Waals surface area contributed by atoms with Gasteiger partial charge in [0.2, 0.25) is 0 Å². The van der Waals surface area contributed by atoms with Gasteiger partial charge in [0.25, 0.3) is 0 Å². The summed E-state index contributed by atoms with van der Waals surface area (Å²) in [4.78, 5) is 12.4. The number of carbonyl (C=O) groups excluding carboxylic acids is 1. The lowest BCUT2D eigenvalue weighted by atomic mass is 10.0. The first-order valence-corrected chi connectivity index (χ1v) is 10.7. The molecule has 0 aliphatic rings. The first-order chi connectivity index (χ1) is 12.0. The monoisotopic (exact) mass is 466 g/mol. The lowest BCUT2D eigenvalue weighted by Gasteiger charge is -2.26. The molecule has 0 fully saturated rings. The number of anilines is 1. The largest absolute Gasteiger partial charge is 0.755 e. The third-order valence-electron chi connectivity index (χ3n) is 3.19. The van der Waals surface area contributed by atoms with Crippen molar-refractivity contribution in [1.29, 1.82) is 0 Å². The van der Waals surface area contributed by atoms with Gasteiger partial charge in [-0.3, -0.25) is 13.3 Å². The summed E-state index contributed by atoms with van der Waals surface area (Å²) in [6, 6.07) is 6.36. The summed E-state index contributed by atoms with van der Waals surface area (Å²) < 4.78 is 73.1. The van der Waals surface area contributed by atoms with E-state index in [1.54, 1.807) is 0 Å². The molecule has 6 nitrogen and oxygen atoms in total. The van der Waals surface area contributed by atoms with E-state index in [1.807, 2.05) is 0 Å². The van der Waals surface area contributed by atoms with Crippen molar-refractivity contribution in [1.82, 2.24) is 0 Å². The number of hydrogen-bond donors (Lipinski definition) is 0. The molecule has 0 saturated heterocycles. The van der Waals surface area contributed by atoms with Gasteiger partial charge in [-0.1, -0.05) is 0 Å². The van der Waals surface area contributed by atoms with Crippen LogP contribution in [-0.2, 0) is 21.1 Å². The molecule has 0 aliphatic carbocycles. The Hall–Kier alpha value is -1.69. The van der Waals surface area contributed by atoms with Crippen LogP contribution in [0, 0.1) is 11.6 Å². The van der Waals surface area contributed by atoms with Gasteiger partial charge in [-0.2, -0.15) is 0 Å². The molecule has 2 aromatic carbocycles. The molecule has 11 heteroatoms. The van der Waals surface area contributed by atoms with Gasteiger partial charge < -0.3 is 4.55 Å². The molecule has 0 amide bonds. The summed E-state index contributed by atoms with van der Waals surface area (Å²) >= 11 is -0.00649.